The molecule has 0 saturated carbocycles. The molecule has 216 valence electrons. The van der Waals surface area contributed by atoms with Crippen LogP contribution in [0.4, 0.5) is 14.9 Å². The Bertz CT molecular complexity index is 1610. The summed E-state index contributed by atoms with van der Waals surface area (Å²) in [7, 11) is 0. The minimum atomic E-state index is -0.808. The van der Waals surface area contributed by atoms with Gasteiger partial charge in [-0.25, -0.2) is 14.0 Å². The van der Waals surface area contributed by atoms with Crippen molar-refractivity contribution in [3.05, 3.63) is 64.7 Å². The number of alkyl carbamates (subject to hydrolysis) is 1. The van der Waals surface area contributed by atoms with Gasteiger partial charge in [0.25, 0.3) is 0 Å². The average molecular weight is 566 g/mol. The summed E-state index contributed by atoms with van der Waals surface area (Å²) in [6.07, 6.45) is 3.00. The number of carbonyl (C=O) groups excluding carboxylic acids is 2. The fourth-order valence-corrected chi connectivity index (χ4v) is 5.03. The minimum absolute atomic E-state index is 0.0301. The zero-order chi connectivity index (χ0) is 29.5. The van der Waals surface area contributed by atoms with Crippen LogP contribution in [0.5, 0.6) is 17.2 Å². The highest BCUT2D eigenvalue weighted by molar-refractivity contribution is 5.99. The zero-order valence-electron chi connectivity index (χ0n) is 23.4. The number of amides is 1. The molecule has 0 aliphatic carbocycles. The SMILES string of the molecule is C=CCOc1ccc2c(c1)-n1cc(C(=O)OCC)c(=O)c3cc(F)c(N4CC[C@H](NC(=O)OC(C)(C)C)C4)c(c31)O2. The van der Waals surface area contributed by atoms with Gasteiger partial charge in [-0.1, -0.05) is 12.7 Å². The number of rotatable bonds is 7. The van der Waals surface area contributed by atoms with Gasteiger partial charge in [0, 0.05) is 25.4 Å². The smallest absolute Gasteiger partial charge is 0.407 e. The van der Waals surface area contributed by atoms with Crippen LogP contribution in [0.2, 0.25) is 0 Å². The summed E-state index contributed by atoms with van der Waals surface area (Å²) in [6, 6.07) is 5.92. The molecule has 1 fully saturated rings. The molecule has 3 heterocycles. The Morgan fingerprint density at radius 3 is 2.76 bits per heavy atom. The number of hydrogen-bond acceptors (Lipinski definition) is 8. The van der Waals surface area contributed by atoms with Gasteiger partial charge in [0.05, 0.1) is 23.7 Å². The first kappa shape index (κ1) is 28.0. The van der Waals surface area contributed by atoms with Crippen molar-refractivity contribution >= 4 is 28.7 Å². The number of nitrogens with zero attached hydrogens (tertiary/aromatic N) is 2. The third-order valence-corrected chi connectivity index (χ3v) is 6.66. The predicted molar refractivity (Wildman–Crippen MR) is 151 cm³/mol. The first-order valence-electron chi connectivity index (χ1n) is 13.4. The fourth-order valence-electron chi connectivity index (χ4n) is 5.03. The number of aromatic nitrogens is 1. The molecular formula is C30H32FN3O7. The maximum absolute atomic E-state index is 15.9. The summed E-state index contributed by atoms with van der Waals surface area (Å²) in [5.74, 6) is -0.477. The summed E-state index contributed by atoms with van der Waals surface area (Å²) >= 11 is 0. The number of benzene rings is 2. The molecule has 2 aliphatic heterocycles. The number of pyridine rings is 1. The van der Waals surface area contributed by atoms with Gasteiger partial charge in [0.15, 0.2) is 17.3 Å². The van der Waals surface area contributed by atoms with Crippen LogP contribution in [0.1, 0.15) is 44.5 Å². The Kier molecular flexibility index (Phi) is 7.37. The summed E-state index contributed by atoms with van der Waals surface area (Å²) in [6.45, 7) is 11.7. The van der Waals surface area contributed by atoms with Crippen LogP contribution in [0.25, 0.3) is 16.6 Å². The molecule has 2 aliphatic rings. The Morgan fingerprint density at radius 1 is 1.27 bits per heavy atom. The van der Waals surface area contributed by atoms with Crippen LogP contribution < -0.4 is 25.1 Å². The van der Waals surface area contributed by atoms with Crippen LogP contribution in [0, 0.1) is 5.82 Å². The fraction of sp³-hybridized carbons (Fsp3) is 0.367. The van der Waals surface area contributed by atoms with Crippen LogP contribution in [-0.4, -0.2) is 54.6 Å². The molecule has 1 atom stereocenters. The lowest BCUT2D eigenvalue weighted by Gasteiger charge is -2.29. The summed E-state index contributed by atoms with van der Waals surface area (Å²) < 4.78 is 40.0. The molecule has 5 rings (SSSR count). The minimum Gasteiger partial charge on any atom is -0.489 e. The van der Waals surface area contributed by atoms with E-state index in [1.165, 1.54) is 6.20 Å². The molecule has 1 amide bonds. The Labute approximate surface area is 236 Å². The number of halogens is 1. The van der Waals surface area contributed by atoms with Gasteiger partial charge < -0.3 is 33.7 Å². The largest absolute Gasteiger partial charge is 0.489 e. The van der Waals surface area contributed by atoms with Gasteiger partial charge in [-0.3, -0.25) is 4.79 Å². The summed E-state index contributed by atoms with van der Waals surface area (Å²) in [4.78, 5) is 40.3. The van der Waals surface area contributed by atoms with Gasteiger partial charge in [-0.05, 0) is 52.3 Å². The van der Waals surface area contributed by atoms with Crippen molar-refractivity contribution in [2.45, 2.75) is 45.8 Å². The van der Waals surface area contributed by atoms with Crippen molar-refractivity contribution in [1.82, 2.24) is 9.88 Å². The average Bonchev–Trinajstić information content (AvgIpc) is 3.35. The Morgan fingerprint density at radius 2 is 2.05 bits per heavy atom. The van der Waals surface area contributed by atoms with Gasteiger partial charge in [0.1, 0.15) is 34.7 Å². The van der Waals surface area contributed by atoms with E-state index in [4.69, 9.17) is 18.9 Å². The molecule has 10 nitrogen and oxygen atoms in total. The summed E-state index contributed by atoms with van der Waals surface area (Å²) in [5, 5.41) is 2.81. The number of anilines is 1. The van der Waals surface area contributed by atoms with E-state index in [0.29, 0.717) is 42.2 Å². The van der Waals surface area contributed by atoms with E-state index < -0.39 is 28.9 Å². The second-order valence-electron chi connectivity index (χ2n) is 10.8. The van der Waals surface area contributed by atoms with Crippen LogP contribution in [0.3, 0.4) is 0 Å². The number of fused-ring (bicyclic) bond motifs is 2. The maximum atomic E-state index is 15.9. The first-order valence-corrected chi connectivity index (χ1v) is 13.4. The Balaban J connectivity index is 1.62. The van der Waals surface area contributed by atoms with Gasteiger partial charge in [-0.15, -0.1) is 0 Å². The van der Waals surface area contributed by atoms with E-state index in [1.807, 2.05) is 0 Å². The van der Waals surface area contributed by atoms with Crippen molar-refractivity contribution in [2.24, 2.45) is 0 Å². The molecule has 2 aromatic carbocycles. The van der Waals surface area contributed by atoms with Gasteiger partial charge in [-0.2, -0.15) is 0 Å². The molecule has 1 N–H and O–H groups in total. The lowest BCUT2D eigenvalue weighted by molar-refractivity contribution is 0.0503. The third kappa shape index (κ3) is 5.44. The van der Waals surface area contributed by atoms with E-state index in [2.05, 4.69) is 11.9 Å². The lowest BCUT2D eigenvalue weighted by Crippen LogP contribution is -2.40. The third-order valence-electron chi connectivity index (χ3n) is 6.66. The number of esters is 1. The van der Waals surface area contributed by atoms with E-state index >= 15 is 4.39 Å². The van der Waals surface area contributed by atoms with Gasteiger partial charge >= 0.3 is 12.1 Å². The predicted octanol–water partition coefficient (Wildman–Crippen LogP) is 5.08. The molecule has 0 radical (unpaired) electrons. The molecule has 0 spiro atoms. The standard InChI is InChI=1S/C30H32FN3O7/c1-6-12-39-18-8-9-23-22(13-18)34-16-20(28(36)38-7-2)26(35)19-14-21(31)25(27(40-23)24(19)34)33-11-10-17(15-33)32-29(37)41-30(3,4)5/h6,8-9,13-14,16-17H,1,7,10-12,15H2,2-5H3,(H,32,37)/t17-/m0/s1. The highest BCUT2D eigenvalue weighted by Gasteiger charge is 2.34. The van der Waals surface area contributed by atoms with Crippen LogP contribution in [0.15, 0.2) is 47.9 Å². The highest BCUT2D eigenvalue weighted by atomic mass is 19.1. The monoisotopic (exact) mass is 565 g/mol. The normalized spacial score (nSPS) is 15.6. The number of nitrogens with one attached hydrogen (secondary N) is 1. The van der Waals surface area contributed by atoms with Crippen molar-refractivity contribution in [3.8, 4) is 22.9 Å². The van der Waals surface area contributed by atoms with Crippen molar-refractivity contribution in [3.63, 3.8) is 0 Å². The number of ether oxygens (including phenoxy) is 4. The molecule has 1 saturated heterocycles. The van der Waals surface area contributed by atoms with Crippen LogP contribution >= 0.6 is 0 Å². The van der Waals surface area contributed by atoms with Crippen molar-refractivity contribution in [1.29, 1.82) is 0 Å². The molecule has 41 heavy (non-hydrogen) atoms. The first-order chi connectivity index (χ1) is 19.5. The molecule has 1 aromatic heterocycles. The topological polar surface area (TPSA) is 108 Å². The maximum Gasteiger partial charge on any atom is 0.407 e. The molecule has 0 bridgehead atoms. The number of hydrogen-bond donors (Lipinski definition) is 1. The van der Waals surface area contributed by atoms with E-state index in [-0.39, 0.29) is 41.6 Å². The van der Waals surface area contributed by atoms with E-state index in [9.17, 15) is 14.4 Å². The van der Waals surface area contributed by atoms with Crippen molar-refractivity contribution in [2.75, 3.05) is 31.2 Å². The molecular weight excluding hydrogens is 533 g/mol. The summed E-state index contributed by atoms with van der Waals surface area (Å²) in [5.41, 5.74) is -0.597. The van der Waals surface area contributed by atoms with Crippen LogP contribution in [-0.2, 0) is 9.47 Å². The second kappa shape index (κ2) is 10.8. The number of carbonyl (C=O) groups is 2. The highest BCUT2D eigenvalue weighted by Crippen LogP contribution is 2.47. The molecule has 0 unspecified atom stereocenters. The quantitative estimate of drug-likeness (QED) is 0.244. The second-order valence-corrected chi connectivity index (χ2v) is 10.8. The van der Waals surface area contributed by atoms with E-state index in [0.717, 1.165) is 6.07 Å². The van der Waals surface area contributed by atoms with Gasteiger partial charge in [0.2, 0.25) is 5.43 Å². The Hall–Kier alpha value is -4.54. The molecule has 3 aromatic rings. The van der Waals surface area contributed by atoms with Crippen molar-refractivity contribution < 1.29 is 32.9 Å². The zero-order valence-corrected chi connectivity index (χ0v) is 23.4. The molecule has 11 heteroatoms. The van der Waals surface area contributed by atoms with E-state index in [1.54, 1.807) is 61.4 Å². The lowest BCUT2D eigenvalue weighted by atomic mass is 10.1.